The van der Waals surface area contributed by atoms with Gasteiger partial charge >= 0.3 is 0 Å². The third kappa shape index (κ3) is 5.16. The summed E-state index contributed by atoms with van der Waals surface area (Å²) in [6.07, 6.45) is 7.83. The van der Waals surface area contributed by atoms with E-state index in [4.69, 9.17) is 0 Å². The van der Waals surface area contributed by atoms with Gasteiger partial charge in [0.05, 0.1) is 12.0 Å². The van der Waals surface area contributed by atoms with Crippen molar-refractivity contribution >= 4 is 11.9 Å². The Labute approximate surface area is 173 Å². The molecule has 7 heteroatoms. The number of carbonyl (C=O) groups excluding carboxylic acids is 1. The second-order valence-corrected chi connectivity index (χ2v) is 7.94. The standard InChI is InChI=1S/C22H32N6O/c1-23-21(25-17-22(11-6-7-12-22)20(29)27(2)3)24-15-18-9-4-5-10-19(18)16-28-14-8-13-26-28/h4-5,8-10,13-14H,6-7,11-12,15-17H2,1-3H3,(H2,23,24,25). The lowest BCUT2D eigenvalue weighted by atomic mass is 9.84. The SMILES string of the molecule is CN=C(NCc1ccccc1Cn1cccn1)NCC1(C(=O)N(C)C)CCCC1. The molecule has 0 radical (unpaired) electrons. The number of aromatic nitrogens is 2. The van der Waals surface area contributed by atoms with E-state index in [9.17, 15) is 4.79 Å². The summed E-state index contributed by atoms with van der Waals surface area (Å²) in [7, 11) is 5.44. The van der Waals surface area contributed by atoms with Crippen molar-refractivity contribution in [3.63, 3.8) is 0 Å². The first kappa shape index (κ1) is 20.9. The number of carbonyl (C=O) groups is 1. The number of guanidine groups is 1. The fourth-order valence-corrected chi connectivity index (χ4v) is 4.10. The Hall–Kier alpha value is -2.83. The smallest absolute Gasteiger partial charge is 0.230 e. The Kier molecular flexibility index (Phi) is 6.90. The molecule has 3 rings (SSSR count). The Morgan fingerprint density at radius 2 is 1.90 bits per heavy atom. The molecule has 1 fully saturated rings. The first-order valence-electron chi connectivity index (χ1n) is 10.2. The van der Waals surface area contributed by atoms with E-state index in [1.807, 2.05) is 43.2 Å². The molecule has 2 N–H and O–H groups in total. The Balaban J connectivity index is 1.61. The maximum Gasteiger partial charge on any atom is 0.230 e. The van der Waals surface area contributed by atoms with Crippen molar-refractivity contribution < 1.29 is 4.79 Å². The van der Waals surface area contributed by atoms with Crippen molar-refractivity contribution in [2.24, 2.45) is 10.4 Å². The summed E-state index contributed by atoms with van der Waals surface area (Å²) < 4.78 is 1.92. The normalized spacial score (nSPS) is 15.9. The third-order valence-electron chi connectivity index (χ3n) is 5.69. The van der Waals surface area contributed by atoms with Crippen LogP contribution in [0.3, 0.4) is 0 Å². The number of hydrogen-bond acceptors (Lipinski definition) is 3. The van der Waals surface area contributed by atoms with E-state index in [1.165, 1.54) is 11.1 Å². The predicted molar refractivity (Wildman–Crippen MR) is 116 cm³/mol. The average molecular weight is 397 g/mol. The van der Waals surface area contributed by atoms with Crippen LogP contribution in [0.2, 0.25) is 0 Å². The largest absolute Gasteiger partial charge is 0.355 e. The molecule has 7 nitrogen and oxygen atoms in total. The van der Waals surface area contributed by atoms with Crippen LogP contribution in [0.15, 0.2) is 47.7 Å². The van der Waals surface area contributed by atoms with Crippen molar-refractivity contribution in [1.29, 1.82) is 0 Å². The molecular formula is C22H32N6O. The molecule has 1 heterocycles. The number of nitrogens with zero attached hydrogens (tertiary/aromatic N) is 4. The topological polar surface area (TPSA) is 74.5 Å². The molecule has 0 bridgehead atoms. The van der Waals surface area contributed by atoms with Crippen molar-refractivity contribution in [3.8, 4) is 0 Å². The summed E-state index contributed by atoms with van der Waals surface area (Å²) in [6, 6.07) is 10.3. The number of amides is 1. The van der Waals surface area contributed by atoms with E-state index in [0.29, 0.717) is 13.1 Å². The fourth-order valence-electron chi connectivity index (χ4n) is 4.10. The van der Waals surface area contributed by atoms with Gasteiger partial charge in [-0.15, -0.1) is 0 Å². The Morgan fingerprint density at radius 1 is 1.17 bits per heavy atom. The van der Waals surface area contributed by atoms with Gasteiger partial charge in [0.1, 0.15) is 0 Å². The highest BCUT2D eigenvalue weighted by Crippen LogP contribution is 2.38. The molecule has 29 heavy (non-hydrogen) atoms. The van der Waals surface area contributed by atoms with Crippen LogP contribution in [0.5, 0.6) is 0 Å². The van der Waals surface area contributed by atoms with Crippen LogP contribution >= 0.6 is 0 Å². The fraction of sp³-hybridized carbons (Fsp3) is 0.500. The molecule has 1 aromatic heterocycles. The minimum Gasteiger partial charge on any atom is -0.355 e. The van der Waals surface area contributed by atoms with Crippen LogP contribution in [0.4, 0.5) is 0 Å². The zero-order valence-electron chi connectivity index (χ0n) is 17.7. The highest BCUT2D eigenvalue weighted by atomic mass is 16.2. The van der Waals surface area contributed by atoms with Crippen molar-refractivity contribution in [2.75, 3.05) is 27.7 Å². The highest BCUT2D eigenvalue weighted by molar-refractivity contribution is 5.85. The summed E-state index contributed by atoms with van der Waals surface area (Å²) in [5, 5.41) is 11.1. The number of rotatable bonds is 7. The first-order chi connectivity index (χ1) is 14.0. The molecule has 0 unspecified atom stereocenters. The molecule has 0 atom stereocenters. The minimum absolute atomic E-state index is 0.211. The van der Waals surface area contributed by atoms with Gasteiger partial charge in [-0.3, -0.25) is 14.5 Å². The molecule has 1 amide bonds. The van der Waals surface area contributed by atoms with E-state index < -0.39 is 0 Å². The zero-order chi connectivity index (χ0) is 20.7. The molecule has 156 valence electrons. The lowest BCUT2D eigenvalue weighted by molar-refractivity contribution is -0.138. The lowest BCUT2D eigenvalue weighted by Crippen LogP contribution is -2.49. The third-order valence-corrected chi connectivity index (χ3v) is 5.69. The first-order valence-corrected chi connectivity index (χ1v) is 10.2. The number of benzene rings is 1. The molecule has 1 aliphatic carbocycles. The van der Waals surface area contributed by atoms with Crippen LogP contribution in [0.1, 0.15) is 36.8 Å². The molecule has 1 aliphatic rings. The van der Waals surface area contributed by atoms with E-state index in [0.717, 1.165) is 38.2 Å². The van der Waals surface area contributed by atoms with E-state index in [-0.39, 0.29) is 11.3 Å². The molecule has 0 aliphatic heterocycles. The Bertz CT molecular complexity index is 822. The van der Waals surface area contributed by atoms with Gasteiger partial charge in [0.15, 0.2) is 5.96 Å². The monoisotopic (exact) mass is 396 g/mol. The summed E-state index contributed by atoms with van der Waals surface area (Å²) in [4.78, 5) is 18.8. The maximum absolute atomic E-state index is 12.8. The second kappa shape index (κ2) is 9.58. The second-order valence-electron chi connectivity index (χ2n) is 7.94. The van der Waals surface area contributed by atoms with Crippen LogP contribution < -0.4 is 10.6 Å². The van der Waals surface area contributed by atoms with Crippen molar-refractivity contribution in [2.45, 2.75) is 38.8 Å². The zero-order valence-corrected chi connectivity index (χ0v) is 17.7. The lowest BCUT2D eigenvalue weighted by Gasteiger charge is -2.31. The van der Waals surface area contributed by atoms with Crippen molar-refractivity contribution in [3.05, 3.63) is 53.9 Å². The van der Waals surface area contributed by atoms with E-state index >= 15 is 0 Å². The number of aliphatic imine (C=N–C) groups is 1. The molecule has 1 saturated carbocycles. The van der Waals surface area contributed by atoms with E-state index in [2.05, 4.69) is 32.9 Å². The summed E-state index contributed by atoms with van der Waals surface area (Å²) >= 11 is 0. The quantitative estimate of drug-likeness (QED) is 0.556. The summed E-state index contributed by atoms with van der Waals surface area (Å²) in [5.74, 6) is 0.930. The number of hydrogen-bond donors (Lipinski definition) is 2. The summed E-state index contributed by atoms with van der Waals surface area (Å²) in [6.45, 7) is 2.00. The van der Waals surface area contributed by atoms with Crippen molar-refractivity contribution in [1.82, 2.24) is 25.3 Å². The molecule has 0 spiro atoms. The number of nitrogens with one attached hydrogen (secondary N) is 2. The molecule has 0 saturated heterocycles. The van der Waals surface area contributed by atoms with Crippen LogP contribution in [-0.2, 0) is 17.9 Å². The van der Waals surface area contributed by atoms with Gasteiger partial charge in [-0.05, 0) is 30.0 Å². The highest BCUT2D eigenvalue weighted by Gasteiger charge is 2.42. The predicted octanol–water partition coefficient (Wildman–Crippen LogP) is 2.24. The Morgan fingerprint density at radius 3 is 2.52 bits per heavy atom. The van der Waals surface area contributed by atoms with Gasteiger partial charge in [0.2, 0.25) is 5.91 Å². The van der Waals surface area contributed by atoms with Gasteiger partial charge < -0.3 is 15.5 Å². The summed E-state index contributed by atoms with van der Waals surface area (Å²) in [5.41, 5.74) is 2.10. The van der Waals surface area contributed by atoms with Gasteiger partial charge in [0, 0.05) is 46.6 Å². The van der Waals surface area contributed by atoms with Crippen LogP contribution in [0, 0.1) is 5.41 Å². The van der Waals surface area contributed by atoms with Crippen LogP contribution in [-0.4, -0.2) is 54.2 Å². The molecule has 2 aromatic rings. The minimum atomic E-state index is -0.320. The maximum atomic E-state index is 12.8. The average Bonchev–Trinajstić information content (AvgIpc) is 3.41. The van der Waals surface area contributed by atoms with Gasteiger partial charge in [-0.25, -0.2) is 0 Å². The van der Waals surface area contributed by atoms with Gasteiger partial charge in [0.25, 0.3) is 0 Å². The van der Waals surface area contributed by atoms with Gasteiger partial charge in [-0.1, -0.05) is 37.1 Å². The van der Waals surface area contributed by atoms with Gasteiger partial charge in [-0.2, -0.15) is 5.10 Å². The van der Waals surface area contributed by atoms with Crippen LogP contribution in [0.25, 0.3) is 0 Å². The van der Waals surface area contributed by atoms with E-state index in [1.54, 1.807) is 18.1 Å². The molecular weight excluding hydrogens is 364 g/mol. The molecule has 1 aromatic carbocycles.